The van der Waals surface area contributed by atoms with Crippen molar-refractivity contribution in [3.05, 3.63) is 53.7 Å². The van der Waals surface area contributed by atoms with Gasteiger partial charge in [0, 0.05) is 18.8 Å². The van der Waals surface area contributed by atoms with E-state index >= 15 is 0 Å². The molecule has 1 amide bonds. The van der Waals surface area contributed by atoms with Gasteiger partial charge in [-0.15, -0.1) is 0 Å². The smallest absolute Gasteiger partial charge is 0.422 e. The number of nitrogens with one attached hydrogen (secondary N) is 1. The van der Waals surface area contributed by atoms with Gasteiger partial charge < -0.3 is 14.8 Å². The Bertz CT molecular complexity index is 720. The van der Waals surface area contributed by atoms with Crippen molar-refractivity contribution in [2.45, 2.75) is 19.6 Å². The van der Waals surface area contributed by atoms with Crippen LogP contribution in [0, 0.1) is 6.92 Å². The number of aryl methyl sites for hydroxylation is 1. The fourth-order valence-corrected chi connectivity index (χ4v) is 1.91. The normalized spacial score (nSPS) is 11.0. The van der Waals surface area contributed by atoms with Crippen molar-refractivity contribution in [3.8, 4) is 11.6 Å². The fraction of sp³-hybridized carbons (Fsp3) is 0.294. The summed E-state index contributed by atoms with van der Waals surface area (Å²) >= 11 is 0. The molecule has 0 atom stereocenters. The van der Waals surface area contributed by atoms with Gasteiger partial charge in [-0.2, -0.15) is 13.2 Å². The van der Waals surface area contributed by atoms with E-state index in [1.165, 1.54) is 12.3 Å². The van der Waals surface area contributed by atoms with Crippen LogP contribution < -0.4 is 14.8 Å². The molecule has 0 saturated carbocycles. The van der Waals surface area contributed by atoms with Crippen LogP contribution in [0.4, 0.5) is 13.2 Å². The first-order valence-corrected chi connectivity index (χ1v) is 7.43. The minimum atomic E-state index is -4.43. The van der Waals surface area contributed by atoms with E-state index in [0.717, 1.165) is 5.56 Å². The van der Waals surface area contributed by atoms with Crippen LogP contribution in [0.25, 0.3) is 0 Å². The summed E-state index contributed by atoms with van der Waals surface area (Å²) < 4.78 is 46.4. The predicted molar refractivity (Wildman–Crippen MR) is 84.3 cm³/mol. The highest BCUT2D eigenvalue weighted by Crippen LogP contribution is 2.18. The van der Waals surface area contributed by atoms with Gasteiger partial charge in [0.15, 0.2) is 13.2 Å². The van der Waals surface area contributed by atoms with Crippen LogP contribution in [-0.4, -0.2) is 30.3 Å². The van der Waals surface area contributed by atoms with E-state index in [4.69, 9.17) is 4.74 Å². The van der Waals surface area contributed by atoms with Gasteiger partial charge in [-0.05, 0) is 30.2 Å². The van der Waals surface area contributed by atoms with Crippen LogP contribution in [0.15, 0.2) is 42.6 Å². The third-order valence-electron chi connectivity index (χ3n) is 3.13. The molecule has 0 radical (unpaired) electrons. The molecule has 2 rings (SSSR count). The lowest BCUT2D eigenvalue weighted by atomic mass is 10.2. The maximum atomic E-state index is 12.1. The summed E-state index contributed by atoms with van der Waals surface area (Å²) in [6.07, 6.45) is -3.12. The molecular weight excluding hydrogens is 337 g/mol. The standard InChI is InChI=1S/C17H17F3N2O3/c1-12-4-2-3-5-14(12)24-10-15(23)22-9-13-6-7-21-16(8-13)25-11-17(18,19)20/h2-8H,9-11H2,1H3,(H,22,23). The van der Waals surface area contributed by atoms with E-state index in [1.54, 1.807) is 18.2 Å². The molecule has 1 aromatic heterocycles. The Hall–Kier alpha value is -2.77. The Kier molecular flexibility index (Phi) is 6.21. The molecule has 8 heteroatoms. The largest absolute Gasteiger partial charge is 0.484 e. The number of ether oxygens (including phenoxy) is 2. The van der Waals surface area contributed by atoms with E-state index in [1.807, 2.05) is 19.1 Å². The van der Waals surface area contributed by atoms with E-state index in [9.17, 15) is 18.0 Å². The van der Waals surface area contributed by atoms with E-state index in [0.29, 0.717) is 11.3 Å². The fourth-order valence-electron chi connectivity index (χ4n) is 1.91. The average molecular weight is 354 g/mol. The first kappa shape index (κ1) is 18.6. The number of para-hydroxylation sites is 1. The highest BCUT2D eigenvalue weighted by molar-refractivity contribution is 5.77. The molecule has 134 valence electrons. The van der Waals surface area contributed by atoms with Gasteiger partial charge >= 0.3 is 6.18 Å². The molecule has 0 aliphatic rings. The van der Waals surface area contributed by atoms with Gasteiger partial charge in [-0.25, -0.2) is 4.98 Å². The number of rotatable bonds is 7. The molecule has 0 aliphatic heterocycles. The molecule has 0 saturated heterocycles. The highest BCUT2D eigenvalue weighted by Gasteiger charge is 2.28. The predicted octanol–water partition coefficient (Wildman–Crippen LogP) is 3.03. The minimum absolute atomic E-state index is 0.126. The summed E-state index contributed by atoms with van der Waals surface area (Å²) in [5.41, 5.74) is 1.48. The Balaban J connectivity index is 1.80. The number of hydrogen-bond donors (Lipinski definition) is 1. The molecular formula is C17H17F3N2O3. The second-order valence-electron chi connectivity index (χ2n) is 5.24. The summed E-state index contributed by atoms with van der Waals surface area (Å²) in [5, 5.41) is 2.62. The molecule has 5 nitrogen and oxygen atoms in total. The first-order chi connectivity index (χ1) is 11.8. The Morgan fingerprint density at radius 1 is 1.20 bits per heavy atom. The number of carbonyl (C=O) groups is 1. The first-order valence-electron chi connectivity index (χ1n) is 7.43. The molecule has 0 spiro atoms. The summed E-state index contributed by atoms with van der Waals surface area (Å²) in [7, 11) is 0. The van der Waals surface area contributed by atoms with Crippen molar-refractivity contribution in [1.82, 2.24) is 10.3 Å². The highest BCUT2D eigenvalue weighted by atomic mass is 19.4. The quantitative estimate of drug-likeness (QED) is 0.830. The summed E-state index contributed by atoms with van der Waals surface area (Å²) in [6, 6.07) is 10.2. The van der Waals surface area contributed by atoms with Gasteiger partial charge in [0.2, 0.25) is 5.88 Å². The van der Waals surface area contributed by atoms with Crippen LogP contribution >= 0.6 is 0 Å². The van der Waals surface area contributed by atoms with Crippen LogP contribution in [0.2, 0.25) is 0 Å². The zero-order valence-corrected chi connectivity index (χ0v) is 13.5. The number of amides is 1. The lowest BCUT2D eigenvalue weighted by Crippen LogP contribution is -2.28. The number of nitrogens with zero attached hydrogens (tertiary/aromatic N) is 1. The molecule has 0 aliphatic carbocycles. The second-order valence-corrected chi connectivity index (χ2v) is 5.24. The Morgan fingerprint density at radius 3 is 2.68 bits per heavy atom. The van der Waals surface area contributed by atoms with E-state index in [2.05, 4.69) is 15.0 Å². The van der Waals surface area contributed by atoms with Crippen molar-refractivity contribution in [1.29, 1.82) is 0 Å². The third-order valence-corrected chi connectivity index (χ3v) is 3.13. The lowest BCUT2D eigenvalue weighted by molar-refractivity contribution is -0.154. The molecule has 1 N–H and O–H groups in total. The van der Waals surface area contributed by atoms with Gasteiger partial charge in [0.1, 0.15) is 5.75 Å². The topological polar surface area (TPSA) is 60.5 Å². The Labute approximate surface area is 142 Å². The number of aromatic nitrogens is 1. The maximum absolute atomic E-state index is 12.1. The number of pyridine rings is 1. The number of benzene rings is 1. The number of halogens is 3. The van der Waals surface area contributed by atoms with Crippen LogP contribution in [0.5, 0.6) is 11.6 Å². The van der Waals surface area contributed by atoms with Crippen LogP contribution in [0.3, 0.4) is 0 Å². The van der Waals surface area contributed by atoms with Gasteiger partial charge in [-0.1, -0.05) is 18.2 Å². The molecule has 1 aromatic carbocycles. The zero-order valence-electron chi connectivity index (χ0n) is 13.5. The molecule has 2 aromatic rings. The maximum Gasteiger partial charge on any atom is 0.422 e. The molecule has 25 heavy (non-hydrogen) atoms. The van der Waals surface area contributed by atoms with Gasteiger partial charge in [0.25, 0.3) is 5.91 Å². The van der Waals surface area contributed by atoms with E-state index in [-0.39, 0.29) is 24.9 Å². The summed E-state index contributed by atoms with van der Waals surface area (Å²) in [6.45, 7) is 0.418. The average Bonchev–Trinajstić information content (AvgIpc) is 2.57. The number of carbonyl (C=O) groups excluding carboxylic acids is 1. The van der Waals surface area contributed by atoms with Crippen molar-refractivity contribution in [2.24, 2.45) is 0 Å². The zero-order chi connectivity index (χ0) is 18.3. The molecule has 0 bridgehead atoms. The monoisotopic (exact) mass is 354 g/mol. The van der Waals surface area contributed by atoms with Crippen molar-refractivity contribution >= 4 is 5.91 Å². The Morgan fingerprint density at radius 2 is 1.96 bits per heavy atom. The molecule has 0 fully saturated rings. The molecule has 1 heterocycles. The third kappa shape index (κ3) is 6.70. The lowest BCUT2D eigenvalue weighted by Gasteiger charge is -2.11. The van der Waals surface area contributed by atoms with Crippen molar-refractivity contribution < 1.29 is 27.4 Å². The summed E-state index contributed by atoms with van der Waals surface area (Å²) in [4.78, 5) is 15.5. The summed E-state index contributed by atoms with van der Waals surface area (Å²) in [5.74, 6) is 0.113. The van der Waals surface area contributed by atoms with E-state index < -0.39 is 12.8 Å². The number of hydrogen-bond acceptors (Lipinski definition) is 4. The van der Waals surface area contributed by atoms with Crippen LogP contribution in [0.1, 0.15) is 11.1 Å². The van der Waals surface area contributed by atoms with Crippen molar-refractivity contribution in [3.63, 3.8) is 0 Å². The molecule has 0 unspecified atom stereocenters. The van der Waals surface area contributed by atoms with Gasteiger partial charge in [-0.3, -0.25) is 4.79 Å². The van der Waals surface area contributed by atoms with Crippen molar-refractivity contribution in [2.75, 3.05) is 13.2 Å². The van der Waals surface area contributed by atoms with Crippen LogP contribution in [-0.2, 0) is 11.3 Å². The number of alkyl halides is 3. The second kappa shape index (κ2) is 8.36. The van der Waals surface area contributed by atoms with Gasteiger partial charge in [0.05, 0.1) is 0 Å². The SMILES string of the molecule is Cc1ccccc1OCC(=O)NCc1ccnc(OCC(F)(F)F)c1. The minimum Gasteiger partial charge on any atom is -0.484 e.